The molecule has 110 valence electrons. The van der Waals surface area contributed by atoms with E-state index in [4.69, 9.17) is 16.2 Å². The summed E-state index contributed by atoms with van der Waals surface area (Å²) in [4.78, 5) is 10.1. The van der Waals surface area contributed by atoms with Crippen LogP contribution in [-0.4, -0.2) is 24.2 Å². The molecule has 6 nitrogen and oxygen atoms in total. The summed E-state index contributed by atoms with van der Waals surface area (Å²) in [7, 11) is 0. The van der Waals surface area contributed by atoms with E-state index in [-0.39, 0.29) is 18.4 Å². The number of halogens is 1. The van der Waals surface area contributed by atoms with E-state index in [1.807, 2.05) is 49.9 Å². The average molecular weight is 298 g/mol. The van der Waals surface area contributed by atoms with Gasteiger partial charge in [0.1, 0.15) is 11.4 Å². The fourth-order valence-corrected chi connectivity index (χ4v) is 2.11. The summed E-state index contributed by atoms with van der Waals surface area (Å²) < 4.78 is 5.42. The summed E-state index contributed by atoms with van der Waals surface area (Å²) in [6, 6.07) is 7.63. The summed E-state index contributed by atoms with van der Waals surface area (Å²) in [6.07, 6.45) is 0. The molecule has 1 aromatic rings. The highest BCUT2D eigenvalue weighted by Crippen LogP contribution is 2.28. The Morgan fingerprint density at radius 1 is 1.20 bits per heavy atom. The first-order valence-electron chi connectivity index (χ1n) is 6.16. The first-order chi connectivity index (χ1) is 8.94. The van der Waals surface area contributed by atoms with Crippen molar-refractivity contribution in [1.82, 2.24) is 0 Å². The van der Waals surface area contributed by atoms with Crippen LogP contribution in [0.5, 0.6) is 5.75 Å². The fourth-order valence-electron chi connectivity index (χ4n) is 2.11. The van der Waals surface area contributed by atoms with E-state index in [0.29, 0.717) is 12.6 Å². The molecule has 1 aliphatic rings. The quantitative estimate of drug-likeness (QED) is 0.888. The molecule has 0 unspecified atom stereocenters. The van der Waals surface area contributed by atoms with Gasteiger partial charge in [0.2, 0.25) is 11.9 Å². The molecule has 0 atom stereocenters. The van der Waals surface area contributed by atoms with Crippen molar-refractivity contribution >= 4 is 30.0 Å². The lowest BCUT2D eigenvalue weighted by Gasteiger charge is -2.38. The van der Waals surface area contributed by atoms with Crippen LogP contribution < -0.4 is 21.1 Å². The SMILES string of the molecule is CCOc1ccc(N2C(N)=NC(N)=NC2(C)C)cc1.Cl. The van der Waals surface area contributed by atoms with E-state index in [2.05, 4.69) is 9.98 Å². The van der Waals surface area contributed by atoms with Crippen molar-refractivity contribution in [3.63, 3.8) is 0 Å². The number of ether oxygens (including phenoxy) is 1. The molecule has 4 N–H and O–H groups in total. The van der Waals surface area contributed by atoms with E-state index in [1.165, 1.54) is 0 Å². The third kappa shape index (κ3) is 3.14. The van der Waals surface area contributed by atoms with Gasteiger partial charge >= 0.3 is 0 Å². The lowest BCUT2D eigenvalue weighted by Crippen LogP contribution is -2.54. The zero-order chi connectivity index (χ0) is 14.0. The number of guanidine groups is 2. The van der Waals surface area contributed by atoms with Gasteiger partial charge in [-0.1, -0.05) is 0 Å². The highest BCUT2D eigenvalue weighted by Gasteiger charge is 2.32. The van der Waals surface area contributed by atoms with Crippen LogP contribution in [-0.2, 0) is 0 Å². The Bertz CT molecular complexity index is 524. The van der Waals surface area contributed by atoms with Crippen molar-refractivity contribution in [2.45, 2.75) is 26.4 Å². The lowest BCUT2D eigenvalue weighted by atomic mass is 10.1. The van der Waals surface area contributed by atoms with E-state index in [1.54, 1.807) is 0 Å². The van der Waals surface area contributed by atoms with Crippen LogP contribution in [0.4, 0.5) is 5.69 Å². The Labute approximate surface area is 124 Å². The highest BCUT2D eigenvalue weighted by molar-refractivity contribution is 6.05. The summed E-state index contributed by atoms with van der Waals surface area (Å²) >= 11 is 0. The first kappa shape index (κ1) is 16.1. The van der Waals surface area contributed by atoms with E-state index < -0.39 is 5.66 Å². The molecule has 0 aliphatic carbocycles. The van der Waals surface area contributed by atoms with Crippen LogP contribution in [0.25, 0.3) is 0 Å². The molecular weight excluding hydrogens is 278 g/mol. The van der Waals surface area contributed by atoms with Gasteiger partial charge in [0.05, 0.1) is 6.61 Å². The van der Waals surface area contributed by atoms with Gasteiger partial charge in [-0.05, 0) is 45.0 Å². The van der Waals surface area contributed by atoms with Crippen molar-refractivity contribution in [2.24, 2.45) is 21.5 Å². The van der Waals surface area contributed by atoms with Crippen LogP contribution in [0.2, 0.25) is 0 Å². The van der Waals surface area contributed by atoms with Gasteiger partial charge in [-0.3, -0.25) is 4.90 Å². The maximum absolute atomic E-state index is 5.96. The number of hydrogen-bond acceptors (Lipinski definition) is 6. The van der Waals surface area contributed by atoms with Crippen LogP contribution in [0.3, 0.4) is 0 Å². The smallest absolute Gasteiger partial charge is 0.220 e. The molecule has 0 bridgehead atoms. The summed E-state index contributed by atoms with van der Waals surface area (Å²) in [5.74, 6) is 1.35. The van der Waals surface area contributed by atoms with E-state index in [0.717, 1.165) is 11.4 Å². The van der Waals surface area contributed by atoms with Gasteiger partial charge in [-0.15, -0.1) is 12.4 Å². The molecule has 0 aromatic heterocycles. The molecule has 2 rings (SSSR count). The van der Waals surface area contributed by atoms with Gasteiger partial charge < -0.3 is 16.2 Å². The number of rotatable bonds is 3. The Morgan fingerprint density at radius 2 is 1.80 bits per heavy atom. The number of nitrogens with two attached hydrogens (primary N) is 2. The monoisotopic (exact) mass is 297 g/mol. The van der Waals surface area contributed by atoms with Crippen LogP contribution >= 0.6 is 12.4 Å². The fraction of sp³-hybridized carbons (Fsp3) is 0.385. The van der Waals surface area contributed by atoms with E-state index in [9.17, 15) is 0 Å². The molecule has 0 saturated heterocycles. The Hall–Kier alpha value is -1.95. The Morgan fingerprint density at radius 3 is 2.30 bits per heavy atom. The number of hydrogen-bond donors (Lipinski definition) is 2. The van der Waals surface area contributed by atoms with Crippen LogP contribution in [0, 0.1) is 0 Å². The third-order valence-electron chi connectivity index (χ3n) is 2.80. The summed E-state index contributed by atoms with van der Waals surface area (Å²) in [5, 5.41) is 0. The van der Waals surface area contributed by atoms with Crippen LogP contribution in [0.15, 0.2) is 34.3 Å². The highest BCUT2D eigenvalue weighted by atomic mass is 35.5. The predicted octanol–water partition coefficient (Wildman–Crippen LogP) is 1.69. The summed E-state index contributed by atoms with van der Waals surface area (Å²) in [5.41, 5.74) is 11.9. The minimum Gasteiger partial charge on any atom is -0.494 e. The number of nitrogens with zero attached hydrogens (tertiary/aromatic N) is 3. The molecule has 0 fully saturated rings. The van der Waals surface area contributed by atoms with Crippen molar-refractivity contribution in [3.8, 4) is 5.75 Å². The first-order valence-corrected chi connectivity index (χ1v) is 6.16. The van der Waals surface area contributed by atoms with Crippen molar-refractivity contribution < 1.29 is 4.74 Å². The molecule has 1 aromatic carbocycles. The third-order valence-corrected chi connectivity index (χ3v) is 2.80. The molecule has 0 amide bonds. The average Bonchev–Trinajstić information content (AvgIpc) is 2.29. The number of benzene rings is 1. The standard InChI is InChI=1S/C13H19N5O.ClH/c1-4-19-10-7-5-9(6-8-10)18-12(15)16-11(14)17-13(18,2)3;/h5-8H,4H2,1-3H3,(H4,14,15,16,17);1H. The minimum atomic E-state index is -0.566. The zero-order valence-corrected chi connectivity index (χ0v) is 12.6. The van der Waals surface area contributed by atoms with Crippen molar-refractivity contribution in [2.75, 3.05) is 11.5 Å². The molecule has 1 heterocycles. The van der Waals surface area contributed by atoms with Crippen molar-refractivity contribution in [1.29, 1.82) is 0 Å². The van der Waals surface area contributed by atoms with Crippen LogP contribution in [0.1, 0.15) is 20.8 Å². The second kappa shape index (κ2) is 6.00. The molecule has 20 heavy (non-hydrogen) atoms. The Kier molecular flexibility index (Phi) is 4.83. The number of anilines is 1. The molecule has 1 aliphatic heterocycles. The number of aliphatic imine (C=N–C) groups is 2. The van der Waals surface area contributed by atoms with Gasteiger partial charge in [-0.2, -0.15) is 4.99 Å². The van der Waals surface area contributed by atoms with Gasteiger partial charge in [0, 0.05) is 5.69 Å². The molecule has 0 saturated carbocycles. The largest absolute Gasteiger partial charge is 0.494 e. The summed E-state index contributed by atoms with van der Waals surface area (Å²) in [6.45, 7) is 6.44. The topological polar surface area (TPSA) is 89.2 Å². The predicted molar refractivity (Wildman–Crippen MR) is 84.7 cm³/mol. The second-order valence-electron chi connectivity index (χ2n) is 4.70. The normalized spacial score (nSPS) is 16.9. The van der Waals surface area contributed by atoms with Crippen molar-refractivity contribution in [3.05, 3.63) is 24.3 Å². The van der Waals surface area contributed by atoms with Gasteiger partial charge in [-0.25, -0.2) is 4.99 Å². The van der Waals surface area contributed by atoms with E-state index >= 15 is 0 Å². The van der Waals surface area contributed by atoms with Gasteiger partial charge in [0.25, 0.3) is 0 Å². The zero-order valence-electron chi connectivity index (χ0n) is 11.8. The molecule has 7 heteroatoms. The Balaban J connectivity index is 0.00000200. The molecule has 0 spiro atoms. The molecular formula is C13H20ClN5O. The molecule has 0 radical (unpaired) electrons. The maximum Gasteiger partial charge on any atom is 0.220 e. The second-order valence-corrected chi connectivity index (χ2v) is 4.70. The van der Waals surface area contributed by atoms with Gasteiger partial charge in [0.15, 0.2) is 0 Å². The minimum absolute atomic E-state index is 0. The maximum atomic E-state index is 5.96. The lowest BCUT2D eigenvalue weighted by molar-refractivity contribution is 0.340.